The van der Waals surface area contributed by atoms with Crippen LogP contribution in [0.5, 0.6) is 0 Å². The van der Waals surface area contributed by atoms with E-state index in [2.05, 4.69) is 16.0 Å². The Morgan fingerprint density at radius 1 is 0.897 bits per heavy atom. The Morgan fingerprint density at radius 2 is 1.52 bits per heavy atom. The number of Topliss-reactive ketones (excluding diaryl/α,β-unsaturated/α-hetero) is 1. The minimum atomic E-state index is -0.932. The van der Waals surface area contributed by atoms with Crippen LogP contribution in [0.4, 0.5) is 16.2 Å². The summed E-state index contributed by atoms with van der Waals surface area (Å²) >= 11 is 0. The first-order valence-corrected chi connectivity index (χ1v) is 9.11. The maximum Gasteiger partial charge on any atom is 0.328 e. The number of esters is 1. The molecule has 2 rings (SSSR count). The first kappa shape index (κ1) is 21.6. The van der Waals surface area contributed by atoms with Crippen molar-refractivity contribution in [3.63, 3.8) is 0 Å². The summed E-state index contributed by atoms with van der Waals surface area (Å²) in [6.45, 7) is 2.75. The van der Waals surface area contributed by atoms with Gasteiger partial charge in [-0.15, -0.1) is 0 Å². The molecule has 0 aliphatic carbocycles. The largest absolute Gasteiger partial charge is 0.456 e. The molecule has 29 heavy (non-hydrogen) atoms. The Bertz CT molecular complexity index is 866. The normalized spacial score (nSPS) is 11.1. The lowest BCUT2D eigenvalue weighted by atomic mass is 10.1. The number of anilines is 2. The predicted molar refractivity (Wildman–Crippen MR) is 109 cm³/mol. The first-order valence-electron chi connectivity index (χ1n) is 9.11. The van der Waals surface area contributed by atoms with Crippen molar-refractivity contribution in [1.82, 2.24) is 5.32 Å². The maximum absolute atomic E-state index is 12.2. The summed E-state index contributed by atoms with van der Waals surface area (Å²) in [5.74, 6) is -1.25. The number of carbonyl (C=O) groups excluding carboxylic acids is 4. The molecule has 2 aromatic carbocycles. The van der Waals surface area contributed by atoms with Crippen molar-refractivity contribution in [2.45, 2.75) is 26.3 Å². The number of ketones is 1. The SMILES string of the molecule is CCC(=O)Nc1ccc(C(=O)COC(=O)[C@H](C)NC(=O)Nc2ccccc2)cc1. The molecule has 0 aliphatic rings. The molecule has 8 nitrogen and oxygen atoms in total. The lowest BCUT2D eigenvalue weighted by Gasteiger charge is -2.14. The predicted octanol–water partition coefficient (Wildman–Crippen LogP) is 2.97. The zero-order chi connectivity index (χ0) is 21.2. The molecule has 3 amide bonds. The molecule has 152 valence electrons. The van der Waals surface area contributed by atoms with Gasteiger partial charge in [-0.2, -0.15) is 0 Å². The number of hydrogen-bond donors (Lipinski definition) is 3. The van der Waals surface area contributed by atoms with Crippen LogP contribution in [0.1, 0.15) is 30.6 Å². The highest BCUT2D eigenvalue weighted by Crippen LogP contribution is 2.11. The zero-order valence-corrected chi connectivity index (χ0v) is 16.2. The van der Waals surface area contributed by atoms with Crippen molar-refractivity contribution in [3.8, 4) is 0 Å². The number of carbonyl (C=O) groups is 4. The molecule has 0 spiro atoms. The standard InChI is InChI=1S/C21H23N3O5/c1-3-19(26)23-17-11-9-15(10-12-17)18(25)13-29-20(27)14(2)22-21(28)24-16-7-5-4-6-8-16/h4-12,14H,3,13H2,1-2H3,(H,23,26)(H2,22,24,28)/t14-/m0/s1. The Kier molecular flexibility index (Phi) is 7.90. The second-order valence-electron chi connectivity index (χ2n) is 6.20. The van der Waals surface area contributed by atoms with Crippen molar-refractivity contribution in [2.24, 2.45) is 0 Å². The van der Waals surface area contributed by atoms with Crippen LogP contribution in [0.2, 0.25) is 0 Å². The van der Waals surface area contributed by atoms with Gasteiger partial charge in [0, 0.05) is 23.4 Å². The minimum absolute atomic E-state index is 0.129. The number of nitrogens with one attached hydrogen (secondary N) is 3. The van der Waals surface area contributed by atoms with Crippen molar-refractivity contribution in [1.29, 1.82) is 0 Å². The number of amides is 3. The van der Waals surface area contributed by atoms with Gasteiger partial charge >= 0.3 is 12.0 Å². The average Bonchev–Trinajstić information content (AvgIpc) is 2.72. The summed E-state index contributed by atoms with van der Waals surface area (Å²) in [6.07, 6.45) is 0.353. The molecule has 0 aromatic heterocycles. The molecular formula is C21H23N3O5. The lowest BCUT2D eigenvalue weighted by Crippen LogP contribution is -2.42. The van der Waals surface area contributed by atoms with Crippen LogP contribution in [0, 0.1) is 0 Å². The highest BCUT2D eigenvalue weighted by atomic mass is 16.5. The van der Waals surface area contributed by atoms with Gasteiger partial charge in [0.1, 0.15) is 6.04 Å². The molecule has 0 saturated carbocycles. The van der Waals surface area contributed by atoms with Crippen LogP contribution in [0.25, 0.3) is 0 Å². The molecule has 0 bridgehead atoms. The number of rotatable bonds is 8. The van der Waals surface area contributed by atoms with Crippen LogP contribution < -0.4 is 16.0 Å². The molecule has 0 aliphatic heterocycles. The summed E-state index contributed by atoms with van der Waals surface area (Å²) in [6, 6.07) is 13.5. The van der Waals surface area contributed by atoms with E-state index in [0.717, 1.165) is 0 Å². The van der Waals surface area contributed by atoms with Gasteiger partial charge in [0.25, 0.3) is 0 Å². The fraction of sp³-hybridized carbons (Fsp3) is 0.238. The monoisotopic (exact) mass is 397 g/mol. The van der Waals surface area contributed by atoms with E-state index in [1.807, 2.05) is 6.07 Å². The highest BCUT2D eigenvalue weighted by molar-refractivity contribution is 5.99. The second kappa shape index (κ2) is 10.6. The third-order valence-electron chi connectivity index (χ3n) is 3.89. The Hall–Kier alpha value is -3.68. The molecule has 0 unspecified atom stereocenters. The third-order valence-corrected chi connectivity index (χ3v) is 3.89. The quantitative estimate of drug-likeness (QED) is 0.468. The smallest absolute Gasteiger partial charge is 0.328 e. The summed E-state index contributed by atoms with van der Waals surface area (Å²) in [7, 11) is 0. The summed E-state index contributed by atoms with van der Waals surface area (Å²) in [5, 5.41) is 7.71. The summed E-state index contributed by atoms with van der Waals surface area (Å²) in [5.41, 5.74) is 1.50. The van der Waals surface area contributed by atoms with E-state index in [1.54, 1.807) is 43.3 Å². The molecule has 0 heterocycles. The van der Waals surface area contributed by atoms with Gasteiger partial charge in [0.2, 0.25) is 5.91 Å². The number of para-hydroxylation sites is 1. The number of benzene rings is 2. The van der Waals surface area contributed by atoms with Crippen molar-refractivity contribution in [2.75, 3.05) is 17.2 Å². The van der Waals surface area contributed by atoms with E-state index >= 15 is 0 Å². The molecule has 0 radical (unpaired) electrons. The number of urea groups is 1. The van der Waals surface area contributed by atoms with Gasteiger partial charge < -0.3 is 20.7 Å². The average molecular weight is 397 g/mol. The topological polar surface area (TPSA) is 114 Å². The Morgan fingerprint density at radius 3 is 2.14 bits per heavy atom. The van der Waals surface area contributed by atoms with Gasteiger partial charge in [-0.05, 0) is 43.3 Å². The van der Waals surface area contributed by atoms with Gasteiger partial charge in [0.05, 0.1) is 0 Å². The van der Waals surface area contributed by atoms with Crippen molar-refractivity contribution < 1.29 is 23.9 Å². The van der Waals surface area contributed by atoms with Gasteiger partial charge in [-0.25, -0.2) is 9.59 Å². The Labute approximate surface area is 168 Å². The Balaban J connectivity index is 1.79. The van der Waals surface area contributed by atoms with Gasteiger partial charge in [-0.1, -0.05) is 25.1 Å². The van der Waals surface area contributed by atoms with Crippen LogP contribution >= 0.6 is 0 Å². The molecule has 0 saturated heterocycles. The molecule has 0 fully saturated rings. The van der Waals surface area contributed by atoms with E-state index in [1.165, 1.54) is 19.1 Å². The third kappa shape index (κ3) is 7.10. The maximum atomic E-state index is 12.2. The van der Waals surface area contributed by atoms with Gasteiger partial charge in [0.15, 0.2) is 12.4 Å². The summed E-state index contributed by atoms with van der Waals surface area (Å²) < 4.78 is 4.98. The fourth-order valence-electron chi connectivity index (χ4n) is 2.28. The van der Waals surface area contributed by atoms with Crippen LogP contribution in [0.3, 0.4) is 0 Å². The van der Waals surface area contributed by atoms with Crippen LogP contribution in [-0.2, 0) is 14.3 Å². The van der Waals surface area contributed by atoms with E-state index < -0.39 is 30.4 Å². The van der Waals surface area contributed by atoms with Gasteiger partial charge in [-0.3, -0.25) is 9.59 Å². The van der Waals surface area contributed by atoms with E-state index in [4.69, 9.17) is 4.74 Å². The molecule has 8 heteroatoms. The molecule has 2 aromatic rings. The van der Waals surface area contributed by atoms with Crippen molar-refractivity contribution in [3.05, 3.63) is 60.2 Å². The van der Waals surface area contributed by atoms with Crippen molar-refractivity contribution >= 4 is 35.1 Å². The van der Waals surface area contributed by atoms with E-state index in [9.17, 15) is 19.2 Å². The molecule has 1 atom stereocenters. The number of hydrogen-bond acceptors (Lipinski definition) is 5. The first-order chi connectivity index (χ1) is 13.9. The molecular weight excluding hydrogens is 374 g/mol. The van der Waals surface area contributed by atoms with Crippen LogP contribution in [-0.4, -0.2) is 36.3 Å². The second-order valence-corrected chi connectivity index (χ2v) is 6.20. The van der Waals surface area contributed by atoms with E-state index in [-0.39, 0.29) is 5.91 Å². The minimum Gasteiger partial charge on any atom is -0.456 e. The highest BCUT2D eigenvalue weighted by Gasteiger charge is 2.19. The number of ether oxygens (including phenoxy) is 1. The zero-order valence-electron chi connectivity index (χ0n) is 16.2. The lowest BCUT2D eigenvalue weighted by molar-refractivity contribution is -0.144. The molecule has 3 N–H and O–H groups in total. The van der Waals surface area contributed by atoms with E-state index in [0.29, 0.717) is 23.4 Å². The fourth-order valence-corrected chi connectivity index (χ4v) is 2.28. The van der Waals surface area contributed by atoms with Crippen LogP contribution in [0.15, 0.2) is 54.6 Å². The summed E-state index contributed by atoms with van der Waals surface area (Å²) in [4.78, 5) is 47.4.